The molecule has 1 aliphatic heterocycles. The van der Waals surface area contributed by atoms with Gasteiger partial charge in [0.2, 0.25) is 0 Å². The second-order valence-corrected chi connectivity index (χ2v) is 12.4. The first-order chi connectivity index (χ1) is 16.5. The van der Waals surface area contributed by atoms with Gasteiger partial charge in [-0.05, 0) is 53.4 Å². The van der Waals surface area contributed by atoms with Gasteiger partial charge in [-0.3, -0.25) is 9.59 Å². The van der Waals surface area contributed by atoms with Crippen molar-refractivity contribution < 1.29 is 9.59 Å². The van der Waals surface area contributed by atoms with Gasteiger partial charge in [0.15, 0.2) is 11.6 Å². The Morgan fingerprint density at radius 1 is 0.771 bits per heavy atom. The van der Waals surface area contributed by atoms with E-state index in [-0.39, 0.29) is 28.3 Å². The molecule has 0 N–H and O–H groups in total. The van der Waals surface area contributed by atoms with Crippen LogP contribution in [0.4, 0.5) is 0 Å². The Balaban J connectivity index is 1.69. The normalized spacial score (nSPS) is 21.8. The number of Topliss-reactive ketones (excluding diaryl/α,β-unsaturated/α-hetero) is 2. The lowest BCUT2D eigenvalue weighted by atomic mass is 9.63. The number of ketones is 2. The van der Waals surface area contributed by atoms with Crippen LogP contribution < -0.4 is 0 Å². The summed E-state index contributed by atoms with van der Waals surface area (Å²) in [6.45, 7) is 9.49. The van der Waals surface area contributed by atoms with Crippen molar-refractivity contribution in [2.45, 2.75) is 65.7 Å². The maximum absolute atomic E-state index is 13.8. The third kappa shape index (κ3) is 4.63. The van der Waals surface area contributed by atoms with Crippen molar-refractivity contribution in [1.82, 2.24) is 4.90 Å². The molecule has 3 nitrogen and oxygen atoms in total. The Labute approximate surface area is 213 Å². The number of halogens is 1. The summed E-state index contributed by atoms with van der Waals surface area (Å²) in [5.74, 6) is 0.0348. The van der Waals surface area contributed by atoms with E-state index >= 15 is 0 Å². The van der Waals surface area contributed by atoms with E-state index < -0.39 is 0 Å². The van der Waals surface area contributed by atoms with Gasteiger partial charge in [0.25, 0.3) is 0 Å². The molecule has 2 aromatic carbocycles. The molecule has 0 radical (unpaired) electrons. The fourth-order valence-electron chi connectivity index (χ4n) is 6.19. The van der Waals surface area contributed by atoms with Gasteiger partial charge in [-0.2, -0.15) is 0 Å². The summed E-state index contributed by atoms with van der Waals surface area (Å²) in [4.78, 5) is 29.9. The highest BCUT2D eigenvalue weighted by atomic mass is 35.5. The molecule has 0 saturated carbocycles. The second-order valence-electron chi connectivity index (χ2n) is 12.0. The van der Waals surface area contributed by atoms with Gasteiger partial charge in [0, 0.05) is 52.9 Å². The molecule has 0 unspecified atom stereocenters. The van der Waals surface area contributed by atoms with E-state index in [0.717, 1.165) is 53.9 Å². The molecular weight excluding hydrogens is 454 g/mol. The van der Waals surface area contributed by atoms with Crippen LogP contribution >= 0.6 is 11.6 Å². The summed E-state index contributed by atoms with van der Waals surface area (Å²) in [5.41, 5.74) is 5.91. The third-order valence-electron chi connectivity index (χ3n) is 7.69. The van der Waals surface area contributed by atoms with E-state index in [1.54, 1.807) is 0 Å². The number of allylic oxidation sites excluding steroid dienone is 4. The van der Waals surface area contributed by atoms with Crippen molar-refractivity contribution in [3.8, 4) is 0 Å². The molecule has 0 bridgehead atoms. The first kappa shape index (κ1) is 24.1. The van der Waals surface area contributed by atoms with Crippen molar-refractivity contribution in [1.29, 1.82) is 0 Å². The predicted molar refractivity (Wildman–Crippen MR) is 141 cm³/mol. The minimum Gasteiger partial charge on any atom is -0.347 e. The second kappa shape index (κ2) is 8.78. The summed E-state index contributed by atoms with van der Waals surface area (Å²) in [7, 11) is 0. The summed E-state index contributed by atoms with van der Waals surface area (Å²) >= 11 is 6.21. The molecule has 0 fully saturated rings. The van der Waals surface area contributed by atoms with Crippen LogP contribution in [0, 0.1) is 10.8 Å². The van der Waals surface area contributed by atoms with Crippen LogP contribution in [0.5, 0.6) is 0 Å². The lowest BCUT2D eigenvalue weighted by Gasteiger charge is -2.49. The Hall–Kier alpha value is -2.65. The van der Waals surface area contributed by atoms with Crippen LogP contribution in [0.15, 0.2) is 77.1 Å². The average Bonchev–Trinajstić information content (AvgIpc) is 2.77. The van der Waals surface area contributed by atoms with Crippen molar-refractivity contribution >= 4 is 23.2 Å². The van der Waals surface area contributed by atoms with E-state index in [2.05, 4.69) is 56.9 Å². The van der Waals surface area contributed by atoms with Gasteiger partial charge in [-0.25, -0.2) is 0 Å². The van der Waals surface area contributed by atoms with Gasteiger partial charge in [-0.15, -0.1) is 0 Å². The Kier molecular flexibility index (Phi) is 6.04. The van der Waals surface area contributed by atoms with Crippen LogP contribution in [-0.4, -0.2) is 23.0 Å². The largest absolute Gasteiger partial charge is 0.347 e. The van der Waals surface area contributed by atoms with Gasteiger partial charge in [0.05, 0.1) is 0 Å². The maximum atomic E-state index is 13.8. The Morgan fingerprint density at radius 2 is 1.29 bits per heavy atom. The third-order valence-corrected chi connectivity index (χ3v) is 7.94. The predicted octanol–water partition coefficient (Wildman–Crippen LogP) is 7.27. The molecular formula is C31H34ClNO2. The molecule has 4 heteroatoms. The number of hydrogen-bond acceptors (Lipinski definition) is 3. The molecule has 0 atom stereocenters. The van der Waals surface area contributed by atoms with Crippen molar-refractivity contribution in [3.05, 3.63) is 93.3 Å². The summed E-state index contributed by atoms with van der Waals surface area (Å²) < 4.78 is 0. The van der Waals surface area contributed by atoms with Crippen LogP contribution in [0.2, 0.25) is 5.02 Å². The lowest BCUT2D eigenvalue weighted by Crippen LogP contribution is -2.45. The van der Waals surface area contributed by atoms with E-state index in [1.165, 1.54) is 5.56 Å². The molecule has 35 heavy (non-hydrogen) atoms. The minimum atomic E-state index is -0.308. The fourth-order valence-corrected chi connectivity index (χ4v) is 6.32. The van der Waals surface area contributed by atoms with Crippen LogP contribution in [0.25, 0.3) is 0 Å². The Morgan fingerprint density at radius 3 is 1.80 bits per heavy atom. The zero-order chi connectivity index (χ0) is 25.0. The van der Waals surface area contributed by atoms with Crippen LogP contribution in [-0.2, 0) is 16.0 Å². The molecule has 0 spiro atoms. The molecule has 0 aromatic heterocycles. The fraction of sp³-hybridized carbons (Fsp3) is 0.419. The molecule has 0 saturated heterocycles. The first-order valence-corrected chi connectivity index (χ1v) is 13.0. The van der Waals surface area contributed by atoms with Gasteiger partial charge in [-0.1, -0.05) is 81.8 Å². The van der Waals surface area contributed by atoms with E-state index in [0.29, 0.717) is 17.9 Å². The van der Waals surface area contributed by atoms with Crippen molar-refractivity contribution in [3.63, 3.8) is 0 Å². The zero-order valence-electron chi connectivity index (χ0n) is 21.2. The van der Waals surface area contributed by atoms with Crippen molar-refractivity contribution in [2.75, 3.05) is 6.54 Å². The lowest BCUT2D eigenvalue weighted by molar-refractivity contribution is -0.119. The molecule has 2 aliphatic carbocycles. The number of hydrogen-bond donors (Lipinski definition) is 0. The number of rotatable bonds is 4. The highest BCUT2D eigenvalue weighted by Crippen LogP contribution is 2.54. The van der Waals surface area contributed by atoms with Crippen LogP contribution in [0.3, 0.4) is 0 Å². The summed E-state index contributed by atoms with van der Waals surface area (Å²) in [6.07, 6.45) is 3.54. The number of carbonyl (C=O) groups is 2. The molecule has 3 aliphatic rings. The monoisotopic (exact) mass is 487 g/mol. The molecule has 5 rings (SSSR count). The summed E-state index contributed by atoms with van der Waals surface area (Å²) in [5, 5.41) is 0.657. The number of carbonyl (C=O) groups excluding carboxylic acids is 2. The zero-order valence-corrected chi connectivity index (χ0v) is 21.9. The number of benzene rings is 2. The minimum absolute atomic E-state index is 0.113. The average molecular weight is 488 g/mol. The maximum Gasteiger partial charge on any atom is 0.162 e. The first-order valence-electron chi connectivity index (χ1n) is 12.6. The highest BCUT2D eigenvalue weighted by molar-refractivity contribution is 6.30. The Bertz CT molecular complexity index is 1180. The molecule has 182 valence electrons. The molecule has 1 heterocycles. The standard InChI is InChI=1S/C31H34ClNO2/c1-30(2)16-23-28(25(34)18-30)27(21-10-12-22(32)13-11-21)29-24(17-31(3,4)19-26(29)35)33(23)15-14-20-8-6-5-7-9-20/h5-13,27H,14-19H2,1-4H3. The topological polar surface area (TPSA) is 37.4 Å². The van der Waals surface area contributed by atoms with Crippen molar-refractivity contribution in [2.24, 2.45) is 10.8 Å². The highest BCUT2D eigenvalue weighted by Gasteiger charge is 2.48. The molecule has 0 amide bonds. The van der Waals surface area contributed by atoms with Gasteiger partial charge < -0.3 is 4.90 Å². The van der Waals surface area contributed by atoms with E-state index in [9.17, 15) is 9.59 Å². The van der Waals surface area contributed by atoms with E-state index in [1.807, 2.05) is 30.3 Å². The quantitative estimate of drug-likeness (QED) is 0.455. The van der Waals surface area contributed by atoms with Crippen LogP contribution in [0.1, 0.15) is 70.4 Å². The smallest absolute Gasteiger partial charge is 0.162 e. The SMILES string of the molecule is CC1(C)CC(=O)C2=C(C1)N(CCc1ccccc1)C1=C(C(=O)CC(C)(C)C1)C2c1ccc(Cl)cc1. The summed E-state index contributed by atoms with van der Waals surface area (Å²) in [6, 6.07) is 18.2. The number of nitrogens with zero attached hydrogens (tertiary/aromatic N) is 1. The van der Waals surface area contributed by atoms with E-state index in [4.69, 9.17) is 11.6 Å². The molecule has 2 aromatic rings. The van der Waals surface area contributed by atoms with Gasteiger partial charge in [0.1, 0.15) is 0 Å². The van der Waals surface area contributed by atoms with Gasteiger partial charge >= 0.3 is 0 Å².